The van der Waals surface area contributed by atoms with Crippen LogP contribution in [0.5, 0.6) is 23.0 Å². The number of benzene rings is 14. The van der Waals surface area contributed by atoms with Gasteiger partial charge in [-0.2, -0.15) is 6.07 Å². The van der Waals surface area contributed by atoms with Crippen molar-refractivity contribution in [3.63, 3.8) is 0 Å². The summed E-state index contributed by atoms with van der Waals surface area (Å²) in [6, 6.07) is 125. The molecule has 2 aliphatic rings. The van der Waals surface area contributed by atoms with E-state index in [1.54, 1.807) is 0 Å². The summed E-state index contributed by atoms with van der Waals surface area (Å²) in [5, 5.41) is 4.52. The van der Waals surface area contributed by atoms with E-state index in [0.717, 1.165) is 89.3 Å². The van der Waals surface area contributed by atoms with E-state index >= 15 is 0 Å². The Kier molecular flexibility index (Phi) is 30.3. The standard InChI is InChI=1S/C72H69N4O.C65H71N4O.2Pt/c1-48(2)62-28-21-29-63(49(3)4)69(62)52-38-58(74-36-37-75(47-74)59-42-56(71(8,9)53-24-17-13-18-25-53)41-57(43-59)72(10,11)54-26-19-14-20-27-54)45-61(39-52)77-60-31-32-64-65-40-51(50-22-15-12-16-23-50)30-33-66(65)76(67(64)46-60)68-44-55(34-35-73-68)70(5,6)7;1-42(2)53-25-21-26-54(43(3)4)60(53)44-32-49(67-30-31-68(41-67)50-35-47(63(8,9)10)34-48(36-50)65(14,15)45-22-17-16-18-23-45)38-51(33-44)70-52-39-56(64(11,12)13)61-55-24-19-20-27-57(55)69(58(61)40-52)59-37-46(28-29-66-59)62(5,6)7;;/h12-44,47-49H,1-11H3;16-37,39,41-43H,1-15H3;;/q2*-3;;. The monoisotopic (exact) mass is 2320 g/mol. The van der Waals surface area contributed by atoms with Crippen LogP contribution in [-0.4, -0.2) is 19.1 Å². The third-order valence-electron chi connectivity index (χ3n) is 30.1. The number of anilines is 4. The third kappa shape index (κ3) is 21.8. The van der Waals surface area contributed by atoms with Crippen molar-refractivity contribution >= 4 is 66.4 Å². The van der Waals surface area contributed by atoms with E-state index in [0.29, 0.717) is 46.7 Å². The molecule has 0 radical (unpaired) electrons. The van der Waals surface area contributed by atoms with E-state index in [-0.39, 0.29) is 80.0 Å². The predicted octanol–water partition coefficient (Wildman–Crippen LogP) is 36.6. The molecule has 2 aliphatic heterocycles. The maximum atomic E-state index is 7.19. The fourth-order valence-corrected chi connectivity index (χ4v) is 21.1. The molecule has 0 saturated heterocycles. The average Bonchev–Trinajstić information content (AvgIpc) is 1.56. The summed E-state index contributed by atoms with van der Waals surface area (Å²) < 4.78 is 18.8. The van der Waals surface area contributed by atoms with Gasteiger partial charge >= 0.3 is 0 Å². The molecule has 4 aromatic heterocycles. The van der Waals surface area contributed by atoms with Crippen molar-refractivity contribution in [3.8, 4) is 68.0 Å². The second kappa shape index (κ2) is 42.2. The average molecular weight is 2320 g/mol. The van der Waals surface area contributed by atoms with Crippen molar-refractivity contribution < 1.29 is 51.6 Å². The topological polar surface area (TPSA) is 67.1 Å². The largest absolute Gasteiger partial charge is 0.509 e. The normalized spacial score (nSPS) is 13.3. The summed E-state index contributed by atoms with van der Waals surface area (Å²) in [5.74, 6) is 5.34. The number of aromatic nitrogens is 4. The summed E-state index contributed by atoms with van der Waals surface area (Å²) in [4.78, 5) is 18.8. The number of hydrogen-bond donors (Lipinski definition) is 0. The maximum Gasteiger partial charge on any atom is 0.135 e. The van der Waals surface area contributed by atoms with Crippen molar-refractivity contribution in [2.45, 2.75) is 242 Å². The van der Waals surface area contributed by atoms with Crippen molar-refractivity contribution in [1.29, 1.82) is 0 Å². The van der Waals surface area contributed by atoms with Gasteiger partial charge in [-0.1, -0.05) is 397 Å². The van der Waals surface area contributed by atoms with Gasteiger partial charge in [0, 0.05) is 116 Å². The Labute approximate surface area is 915 Å². The molecule has 20 rings (SSSR count). The first-order chi connectivity index (χ1) is 69.9. The Bertz CT molecular complexity index is 7890. The van der Waals surface area contributed by atoms with E-state index in [1.807, 2.05) is 18.5 Å². The molecule has 149 heavy (non-hydrogen) atoms. The Morgan fingerprint density at radius 1 is 0.268 bits per heavy atom. The smallest absolute Gasteiger partial charge is 0.135 e. The van der Waals surface area contributed by atoms with Crippen LogP contribution in [-0.2, 0) is 80.0 Å². The molecule has 0 bridgehead atoms. The van der Waals surface area contributed by atoms with Gasteiger partial charge in [0.15, 0.2) is 0 Å². The minimum absolute atomic E-state index is 0. The second-order valence-corrected chi connectivity index (χ2v) is 47.1. The first-order valence-corrected chi connectivity index (χ1v) is 52.4. The predicted molar refractivity (Wildman–Crippen MR) is 618 cm³/mol. The molecular formula is C137H140N8O2Pt2-6. The molecule has 0 atom stereocenters. The van der Waals surface area contributed by atoms with Crippen molar-refractivity contribution in [3.05, 3.63) is 456 Å². The van der Waals surface area contributed by atoms with Gasteiger partial charge in [0.05, 0.1) is 0 Å². The zero-order valence-corrected chi connectivity index (χ0v) is 95.9. The minimum atomic E-state index is -0.263. The summed E-state index contributed by atoms with van der Waals surface area (Å²) in [6.07, 6.45) is 12.4. The molecule has 0 saturated carbocycles. The fraction of sp³-hybridized carbons (Fsp3) is 0.270. The molecule has 14 aromatic carbocycles. The van der Waals surface area contributed by atoms with Gasteiger partial charge < -0.3 is 38.2 Å². The van der Waals surface area contributed by atoms with Gasteiger partial charge in [-0.3, -0.25) is 0 Å². The van der Waals surface area contributed by atoms with E-state index < -0.39 is 0 Å². The molecule has 0 unspecified atom stereocenters. The minimum Gasteiger partial charge on any atom is -0.509 e. The molecular weight excluding hydrogens is 2180 g/mol. The molecule has 6 heterocycles. The van der Waals surface area contributed by atoms with Crippen LogP contribution in [0.1, 0.15) is 282 Å². The number of ether oxygens (including phenoxy) is 2. The van der Waals surface area contributed by atoms with Gasteiger partial charge in [-0.15, -0.1) is 107 Å². The van der Waals surface area contributed by atoms with E-state index in [2.05, 4.69) is 568 Å². The van der Waals surface area contributed by atoms with Gasteiger partial charge in [0.2, 0.25) is 0 Å². The van der Waals surface area contributed by atoms with Crippen LogP contribution in [0.4, 0.5) is 22.7 Å². The van der Waals surface area contributed by atoms with E-state index in [4.69, 9.17) is 19.4 Å². The molecule has 0 fully saturated rings. The van der Waals surface area contributed by atoms with Gasteiger partial charge in [-0.05, 0) is 236 Å². The second-order valence-electron chi connectivity index (χ2n) is 47.1. The van der Waals surface area contributed by atoms with Crippen LogP contribution >= 0.6 is 0 Å². The fourth-order valence-electron chi connectivity index (χ4n) is 21.1. The maximum absolute atomic E-state index is 7.19. The zero-order chi connectivity index (χ0) is 104. The molecule has 18 aromatic rings. The molecule has 0 aliphatic carbocycles. The molecule has 0 amide bonds. The summed E-state index contributed by atoms with van der Waals surface area (Å²) >= 11 is 0. The Morgan fingerprint density at radius 3 is 1.07 bits per heavy atom. The quantitative estimate of drug-likeness (QED) is 0.0587. The number of nitrogens with zero attached hydrogens (tertiary/aromatic N) is 8. The molecule has 0 N–H and O–H groups in total. The Hall–Kier alpha value is -13.4. The summed E-state index contributed by atoms with van der Waals surface area (Å²) in [7, 11) is 0. The van der Waals surface area contributed by atoms with Gasteiger partial charge in [0.1, 0.15) is 11.6 Å². The first kappa shape index (κ1) is 107. The number of pyridine rings is 2. The van der Waals surface area contributed by atoms with Gasteiger partial charge in [0.25, 0.3) is 0 Å². The van der Waals surface area contributed by atoms with Crippen LogP contribution in [0, 0.1) is 37.6 Å². The SMILES string of the molecule is CC(C)c1cccc(C(C)C)c1-c1cc(Oc2[c-]c3c(c(C(C)(C)C)c2)c2ccccc2n3-c2cc(C(C)(C)C)ccn2)[c-]c(N2C=CN(c3cc(C(C)(C)C)cc(C(C)(C)c4ccccc4)c3)[CH-]2)c1.CC(C)c1cccc(C(C)C)c1-c1cc(Oc2[c-]c3c(cc2)c2cc(-c4ccccc4)ccc2n3-c2cc(C(C)(C)C)ccn2)[c-]c(N2C=CN(c3cc(C(C)(C)c4ccccc4)cc(C(C)(C)c4ccccc4)c3)[CH-]2)c1.[Pt].[Pt]. The van der Waals surface area contributed by atoms with Crippen molar-refractivity contribution in [2.75, 3.05) is 19.6 Å². The third-order valence-corrected chi connectivity index (χ3v) is 30.1. The van der Waals surface area contributed by atoms with Crippen LogP contribution in [0.25, 0.3) is 88.6 Å². The van der Waals surface area contributed by atoms with Crippen LogP contribution in [0.15, 0.2) is 341 Å². The number of hydrogen-bond acceptors (Lipinski definition) is 8. The van der Waals surface area contributed by atoms with Crippen LogP contribution < -0.4 is 29.1 Å². The molecule has 12 heteroatoms. The molecule has 0 spiro atoms. The van der Waals surface area contributed by atoms with Crippen LogP contribution in [0.3, 0.4) is 0 Å². The number of rotatable bonds is 23. The summed E-state index contributed by atoms with van der Waals surface area (Å²) in [5.41, 5.74) is 31.5. The number of fused-ring (bicyclic) bond motifs is 6. The molecule has 10 nitrogen and oxygen atoms in total. The first-order valence-electron chi connectivity index (χ1n) is 52.4. The zero-order valence-electron chi connectivity index (χ0n) is 91.3. The molecule has 766 valence electrons. The van der Waals surface area contributed by atoms with E-state index in [9.17, 15) is 0 Å². The number of para-hydroxylation sites is 1. The van der Waals surface area contributed by atoms with Crippen molar-refractivity contribution in [1.82, 2.24) is 19.1 Å². The van der Waals surface area contributed by atoms with Crippen molar-refractivity contribution in [2.24, 2.45) is 0 Å². The van der Waals surface area contributed by atoms with Gasteiger partial charge in [-0.25, -0.2) is 9.97 Å². The summed E-state index contributed by atoms with van der Waals surface area (Å²) in [6.45, 7) is 63.8. The van der Waals surface area contributed by atoms with Crippen LogP contribution in [0.2, 0.25) is 0 Å². The van der Waals surface area contributed by atoms with E-state index in [1.165, 1.54) is 100.0 Å². The Morgan fingerprint density at radius 2 is 0.644 bits per heavy atom. The Balaban J connectivity index is 0.000000201.